The lowest BCUT2D eigenvalue weighted by atomic mass is 10.0. The van der Waals surface area contributed by atoms with Crippen LogP contribution in [0.5, 0.6) is 0 Å². The summed E-state index contributed by atoms with van der Waals surface area (Å²) in [5, 5.41) is 9.02. The molecule has 1 heterocycles. The third-order valence-electron chi connectivity index (χ3n) is 3.31. The predicted octanol–water partition coefficient (Wildman–Crippen LogP) is 1.70. The number of carbonyl (C=O) groups excluding carboxylic acids is 1. The van der Waals surface area contributed by atoms with Crippen molar-refractivity contribution in [2.45, 2.75) is 52.2 Å². The Morgan fingerprint density at radius 1 is 1.47 bits per heavy atom. The molecule has 0 aromatic heterocycles. The number of likely N-dealkylation sites (N-methyl/N-ethyl adjacent to an activating group) is 1. The van der Waals surface area contributed by atoms with Crippen LogP contribution in [-0.2, 0) is 4.74 Å². The molecule has 1 amide bonds. The van der Waals surface area contributed by atoms with Gasteiger partial charge in [-0.05, 0) is 47.1 Å². The number of β-amino-alcohol motifs (C(OH)–C–C–N with tert-alkyl or cyclic N) is 1. The van der Waals surface area contributed by atoms with Gasteiger partial charge >= 0.3 is 6.09 Å². The van der Waals surface area contributed by atoms with Crippen LogP contribution in [-0.4, -0.2) is 65.4 Å². The number of rotatable bonds is 4. The van der Waals surface area contributed by atoms with Crippen molar-refractivity contribution in [1.82, 2.24) is 9.80 Å². The van der Waals surface area contributed by atoms with E-state index >= 15 is 0 Å². The molecule has 0 spiro atoms. The summed E-state index contributed by atoms with van der Waals surface area (Å²) < 4.78 is 5.46. The normalized spacial score (nSPS) is 21.2. The lowest BCUT2D eigenvalue weighted by molar-refractivity contribution is 0.00684. The number of hydrogen-bond acceptors (Lipinski definition) is 4. The zero-order valence-electron chi connectivity index (χ0n) is 12.7. The predicted molar refractivity (Wildman–Crippen MR) is 75.2 cm³/mol. The van der Waals surface area contributed by atoms with Crippen LogP contribution in [0.15, 0.2) is 0 Å². The maximum absolute atomic E-state index is 12.2. The van der Waals surface area contributed by atoms with Crippen molar-refractivity contribution in [2.24, 2.45) is 0 Å². The van der Waals surface area contributed by atoms with E-state index in [9.17, 15) is 4.79 Å². The Balaban J connectivity index is 2.60. The van der Waals surface area contributed by atoms with Crippen molar-refractivity contribution in [3.05, 3.63) is 0 Å². The molecule has 0 bridgehead atoms. The molecule has 0 radical (unpaired) electrons. The Labute approximate surface area is 116 Å². The van der Waals surface area contributed by atoms with E-state index in [-0.39, 0.29) is 18.7 Å². The maximum Gasteiger partial charge on any atom is 0.410 e. The van der Waals surface area contributed by atoms with Crippen molar-refractivity contribution in [1.29, 1.82) is 0 Å². The zero-order valence-corrected chi connectivity index (χ0v) is 12.7. The summed E-state index contributed by atoms with van der Waals surface area (Å²) in [5.41, 5.74) is -0.454. The largest absolute Gasteiger partial charge is 0.444 e. The summed E-state index contributed by atoms with van der Waals surface area (Å²) in [5.74, 6) is 0. The summed E-state index contributed by atoms with van der Waals surface area (Å²) in [6, 6.07) is 0.195. The fourth-order valence-corrected chi connectivity index (χ4v) is 2.49. The molecule has 1 saturated heterocycles. The first-order chi connectivity index (χ1) is 8.87. The van der Waals surface area contributed by atoms with E-state index in [2.05, 4.69) is 4.90 Å². The maximum atomic E-state index is 12.2. The van der Waals surface area contributed by atoms with Crippen molar-refractivity contribution >= 4 is 6.09 Å². The summed E-state index contributed by atoms with van der Waals surface area (Å²) in [4.78, 5) is 16.2. The van der Waals surface area contributed by atoms with Gasteiger partial charge in [-0.3, -0.25) is 4.90 Å². The molecular formula is C14H28N2O3. The number of nitrogens with zero attached hydrogens (tertiary/aromatic N) is 2. The van der Waals surface area contributed by atoms with E-state index in [1.54, 1.807) is 0 Å². The number of ether oxygens (including phenoxy) is 1. The SMILES string of the molecule is CCN(C(=O)OC(C)(C)C)[C@H]1CCCN(CCO)C1. The number of aliphatic hydroxyl groups excluding tert-OH is 1. The molecule has 0 aromatic carbocycles. The summed E-state index contributed by atoms with van der Waals surface area (Å²) in [6.45, 7) is 11.0. The average molecular weight is 272 g/mol. The van der Waals surface area contributed by atoms with Gasteiger partial charge in [0.15, 0.2) is 0 Å². The van der Waals surface area contributed by atoms with E-state index in [4.69, 9.17) is 9.84 Å². The Bertz CT molecular complexity index is 287. The molecule has 1 atom stereocenters. The molecule has 0 unspecified atom stereocenters. The highest BCUT2D eigenvalue weighted by Gasteiger charge is 2.30. The fraction of sp³-hybridized carbons (Fsp3) is 0.929. The minimum atomic E-state index is -0.454. The zero-order chi connectivity index (χ0) is 14.5. The number of piperidine rings is 1. The van der Waals surface area contributed by atoms with E-state index in [1.807, 2.05) is 32.6 Å². The minimum absolute atomic E-state index is 0.172. The van der Waals surface area contributed by atoms with Gasteiger partial charge in [-0.2, -0.15) is 0 Å². The molecule has 1 N–H and O–H groups in total. The highest BCUT2D eigenvalue weighted by Crippen LogP contribution is 2.18. The molecule has 5 nitrogen and oxygen atoms in total. The summed E-state index contributed by atoms with van der Waals surface area (Å²) >= 11 is 0. The first-order valence-electron chi connectivity index (χ1n) is 7.20. The van der Waals surface area contributed by atoms with E-state index in [0.29, 0.717) is 13.1 Å². The minimum Gasteiger partial charge on any atom is -0.444 e. The van der Waals surface area contributed by atoms with Gasteiger partial charge in [0.05, 0.1) is 6.61 Å². The summed E-state index contributed by atoms with van der Waals surface area (Å²) in [6.07, 6.45) is 1.84. The number of hydrogen-bond donors (Lipinski definition) is 1. The van der Waals surface area contributed by atoms with Gasteiger partial charge in [0.2, 0.25) is 0 Å². The van der Waals surface area contributed by atoms with Gasteiger partial charge in [0, 0.05) is 25.7 Å². The van der Waals surface area contributed by atoms with Crippen molar-refractivity contribution < 1.29 is 14.6 Å². The van der Waals surface area contributed by atoms with Crippen LogP contribution < -0.4 is 0 Å². The summed E-state index contributed by atoms with van der Waals surface area (Å²) in [7, 11) is 0. The van der Waals surface area contributed by atoms with Crippen LogP contribution in [0.25, 0.3) is 0 Å². The molecule has 19 heavy (non-hydrogen) atoms. The second kappa shape index (κ2) is 7.10. The Morgan fingerprint density at radius 2 is 2.16 bits per heavy atom. The fourth-order valence-electron chi connectivity index (χ4n) is 2.49. The Morgan fingerprint density at radius 3 is 2.68 bits per heavy atom. The first-order valence-corrected chi connectivity index (χ1v) is 7.20. The Kier molecular flexibility index (Phi) is 6.07. The average Bonchev–Trinajstić information content (AvgIpc) is 2.28. The smallest absolute Gasteiger partial charge is 0.410 e. The van der Waals surface area contributed by atoms with E-state index in [1.165, 1.54) is 0 Å². The van der Waals surface area contributed by atoms with Crippen molar-refractivity contribution in [3.8, 4) is 0 Å². The lowest BCUT2D eigenvalue weighted by Crippen LogP contribution is -2.51. The molecule has 1 fully saturated rings. The third kappa shape index (κ3) is 5.37. The van der Waals surface area contributed by atoms with E-state index < -0.39 is 5.60 Å². The van der Waals surface area contributed by atoms with Gasteiger partial charge in [0.1, 0.15) is 5.60 Å². The first kappa shape index (κ1) is 16.2. The lowest BCUT2D eigenvalue weighted by Gasteiger charge is -2.39. The van der Waals surface area contributed by atoms with Crippen LogP contribution in [0.3, 0.4) is 0 Å². The molecule has 1 aliphatic heterocycles. The second-order valence-electron chi connectivity index (χ2n) is 6.09. The van der Waals surface area contributed by atoms with Crippen LogP contribution in [0, 0.1) is 0 Å². The third-order valence-corrected chi connectivity index (χ3v) is 3.31. The monoisotopic (exact) mass is 272 g/mol. The van der Waals surface area contributed by atoms with Gasteiger partial charge in [-0.25, -0.2) is 4.79 Å². The van der Waals surface area contributed by atoms with E-state index in [0.717, 1.165) is 25.9 Å². The van der Waals surface area contributed by atoms with Crippen LogP contribution in [0.4, 0.5) is 4.79 Å². The topological polar surface area (TPSA) is 53.0 Å². The molecule has 1 aliphatic rings. The molecular weight excluding hydrogens is 244 g/mol. The highest BCUT2D eigenvalue weighted by molar-refractivity contribution is 5.68. The molecule has 0 saturated carbocycles. The highest BCUT2D eigenvalue weighted by atomic mass is 16.6. The van der Waals surface area contributed by atoms with Crippen molar-refractivity contribution in [3.63, 3.8) is 0 Å². The van der Waals surface area contributed by atoms with Gasteiger partial charge < -0.3 is 14.7 Å². The molecule has 112 valence electrons. The number of amides is 1. The quantitative estimate of drug-likeness (QED) is 0.846. The number of likely N-dealkylation sites (tertiary alicyclic amines) is 1. The molecule has 0 aliphatic carbocycles. The molecule has 1 rings (SSSR count). The van der Waals surface area contributed by atoms with Crippen LogP contribution in [0.2, 0.25) is 0 Å². The van der Waals surface area contributed by atoms with Crippen LogP contribution in [0.1, 0.15) is 40.5 Å². The standard InChI is InChI=1S/C14H28N2O3/c1-5-16(13(18)19-14(2,3)4)12-7-6-8-15(11-12)9-10-17/h12,17H,5-11H2,1-4H3/t12-/m0/s1. The van der Waals surface area contributed by atoms with Crippen LogP contribution >= 0.6 is 0 Å². The Hall–Kier alpha value is -0.810. The number of aliphatic hydroxyl groups is 1. The van der Waals surface area contributed by atoms with Gasteiger partial charge in [-0.15, -0.1) is 0 Å². The number of carbonyl (C=O) groups is 1. The van der Waals surface area contributed by atoms with Crippen molar-refractivity contribution in [2.75, 3.05) is 32.8 Å². The van der Waals surface area contributed by atoms with Gasteiger partial charge in [-0.1, -0.05) is 0 Å². The van der Waals surface area contributed by atoms with Gasteiger partial charge in [0.25, 0.3) is 0 Å². The molecule has 5 heteroatoms. The second-order valence-corrected chi connectivity index (χ2v) is 6.09. The molecule has 0 aromatic rings.